The molecular formula is C32H32F3N5O2. The molecule has 2 fully saturated rings. The van der Waals surface area contributed by atoms with E-state index in [0.717, 1.165) is 37.4 Å². The van der Waals surface area contributed by atoms with Crippen molar-refractivity contribution in [3.8, 4) is 11.5 Å². The van der Waals surface area contributed by atoms with Gasteiger partial charge in [-0.15, -0.1) is 0 Å². The summed E-state index contributed by atoms with van der Waals surface area (Å²) in [5.41, 5.74) is 4.82. The van der Waals surface area contributed by atoms with Gasteiger partial charge in [-0.05, 0) is 93.7 Å². The smallest absolute Gasteiger partial charge is 0.152 e. The van der Waals surface area contributed by atoms with Crippen molar-refractivity contribution in [2.75, 3.05) is 24.6 Å². The number of fused-ring (bicyclic) bond motifs is 1. The molecule has 218 valence electrons. The van der Waals surface area contributed by atoms with Gasteiger partial charge in [-0.25, -0.2) is 18.6 Å². The van der Waals surface area contributed by atoms with Crippen molar-refractivity contribution in [3.05, 3.63) is 94.9 Å². The highest BCUT2D eigenvalue weighted by molar-refractivity contribution is 6.13. The molecule has 0 amide bonds. The van der Waals surface area contributed by atoms with Crippen LogP contribution in [0.15, 0.2) is 66.2 Å². The fourth-order valence-corrected chi connectivity index (χ4v) is 5.76. The molecule has 6 rings (SSSR count). The molecule has 3 heterocycles. The number of rotatable bonds is 6. The van der Waals surface area contributed by atoms with Gasteiger partial charge in [-0.3, -0.25) is 10.4 Å². The van der Waals surface area contributed by atoms with Crippen LogP contribution in [-0.4, -0.2) is 46.5 Å². The standard InChI is InChI=1S/C32H32F3N5O2/c1-18(2)39-10-8-19(9-11-39)24-12-20-13-29(38-28(20)16-26(24)34)31(41)25-17-37-40(32(25)36)30-7-6-23(15-27(30)35)42-22-5-3-4-21(33)14-22/h3-7,12-16,18-19,36-38,41H,8-11,17H2,1-2H3. The summed E-state index contributed by atoms with van der Waals surface area (Å²) in [4.78, 5) is 5.47. The molecule has 0 spiro atoms. The van der Waals surface area contributed by atoms with Crippen molar-refractivity contribution < 1.29 is 23.0 Å². The summed E-state index contributed by atoms with van der Waals surface area (Å²) in [6.07, 6.45) is 1.78. The highest BCUT2D eigenvalue weighted by atomic mass is 19.1. The summed E-state index contributed by atoms with van der Waals surface area (Å²) in [5, 5.41) is 21.8. The lowest BCUT2D eigenvalue weighted by Crippen LogP contribution is -2.37. The molecule has 4 aromatic rings. The van der Waals surface area contributed by atoms with E-state index in [1.54, 1.807) is 12.1 Å². The predicted molar refractivity (Wildman–Crippen MR) is 158 cm³/mol. The van der Waals surface area contributed by atoms with Crippen molar-refractivity contribution in [2.24, 2.45) is 0 Å². The summed E-state index contributed by atoms with van der Waals surface area (Å²) >= 11 is 0. The average Bonchev–Trinajstić information content (AvgIpc) is 3.55. The van der Waals surface area contributed by atoms with Crippen LogP contribution in [0.2, 0.25) is 0 Å². The monoisotopic (exact) mass is 575 g/mol. The lowest BCUT2D eigenvalue weighted by molar-refractivity contribution is 0.171. The molecule has 2 aliphatic rings. The maximum absolute atomic E-state index is 15.2. The number of nitrogens with zero attached hydrogens (tertiary/aromatic N) is 2. The molecule has 4 N–H and O–H groups in total. The number of ether oxygens (including phenoxy) is 1. The molecule has 0 unspecified atom stereocenters. The molecule has 0 bridgehead atoms. The van der Waals surface area contributed by atoms with Crippen molar-refractivity contribution >= 4 is 28.2 Å². The third kappa shape index (κ3) is 5.35. The Hall–Kier alpha value is -4.28. The highest BCUT2D eigenvalue weighted by Gasteiger charge is 2.30. The van der Waals surface area contributed by atoms with Gasteiger partial charge in [0.25, 0.3) is 0 Å². The Morgan fingerprint density at radius 1 is 0.976 bits per heavy atom. The number of aromatic amines is 1. The zero-order chi connectivity index (χ0) is 29.5. The third-order valence-electron chi connectivity index (χ3n) is 8.09. The van der Waals surface area contributed by atoms with Gasteiger partial charge >= 0.3 is 0 Å². The second kappa shape index (κ2) is 11.2. The second-order valence-corrected chi connectivity index (χ2v) is 11.1. The van der Waals surface area contributed by atoms with Crippen molar-refractivity contribution in [2.45, 2.75) is 38.6 Å². The Balaban J connectivity index is 1.21. The maximum atomic E-state index is 15.2. The van der Waals surface area contributed by atoms with Crippen LogP contribution >= 0.6 is 0 Å². The lowest BCUT2D eigenvalue weighted by Gasteiger charge is -2.34. The summed E-state index contributed by atoms with van der Waals surface area (Å²) in [6.45, 7) is 6.29. The molecule has 2 saturated heterocycles. The summed E-state index contributed by atoms with van der Waals surface area (Å²) < 4.78 is 49.2. The van der Waals surface area contributed by atoms with E-state index in [-0.39, 0.29) is 52.6 Å². The number of anilines is 1. The van der Waals surface area contributed by atoms with Crippen LogP contribution in [0.5, 0.6) is 11.5 Å². The van der Waals surface area contributed by atoms with E-state index in [1.165, 1.54) is 41.4 Å². The number of aromatic nitrogens is 1. The van der Waals surface area contributed by atoms with Gasteiger partial charge in [0.15, 0.2) is 5.82 Å². The number of piperidine rings is 1. The topological polar surface area (TPSA) is 87.6 Å². The number of nitrogens with one attached hydrogen (secondary N) is 3. The second-order valence-electron chi connectivity index (χ2n) is 11.1. The van der Waals surface area contributed by atoms with E-state index in [4.69, 9.17) is 10.1 Å². The van der Waals surface area contributed by atoms with E-state index < -0.39 is 11.6 Å². The van der Waals surface area contributed by atoms with Crippen molar-refractivity contribution in [1.29, 1.82) is 5.41 Å². The van der Waals surface area contributed by atoms with Crippen molar-refractivity contribution in [3.63, 3.8) is 0 Å². The number of hydrogen-bond acceptors (Lipinski definition) is 5. The SMILES string of the molecule is CC(C)N1CCC(c2cc3cc(C(O)=C4CNN(c5ccc(Oc6cccc(F)c6)cc5F)C4=N)[nH]c3cc2F)CC1. The molecule has 3 aromatic carbocycles. The molecular weight excluding hydrogens is 543 g/mol. The molecule has 42 heavy (non-hydrogen) atoms. The number of H-pyrrole nitrogens is 1. The number of hydrazine groups is 1. The van der Waals surface area contributed by atoms with E-state index in [2.05, 4.69) is 29.2 Å². The Morgan fingerprint density at radius 2 is 1.74 bits per heavy atom. The van der Waals surface area contributed by atoms with Crippen LogP contribution in [0.1, 0.15) is 43.9 Å². The molecule has 10 heteroatoms. The summed E-state index contributed by atoms with van der Waals surface area (Å²) in [7, 11) is 0. The van der Waals surface area contributed by atoms with Gasteiger partial charge in [0, 0.05) is 35.6 Å². The van der Waals surface area contributed by atoms with Gasteiger partial charge in [0.1, 0.15) is 34.7 Å². The lowest BCUT2D eigenvalue weighted by atomic mass is 9.88. The molecule has 7 nitrogen and oxygen atoms in total. The van der Waals surface area contributed by atoms with Gasteiger partial charge in [-0.2, -0.15) is 0 Å². The fraction of sp³-hybridized carbons (Fsp3) is 0.281. The molecule has 0 radical (unpaired) electrons. The number of aliphatic hydroxyl groups is 1. The minimum atomic E-state index is -0.672. The normalized spacial score (nSPS) is 18.0. The van der Waals surface area contributed by atoms with Crippen LogP contribution in [0.3, 0.4) is 0 Å². The van der Waals surface area contributed by atoms with Gasteiger partial charge in [-0.1, -0.05) is 6.07 Å². The van der Waals surface area contributed by atoms with Gasteiger partial charge in [0.2, 0.25) is 0 Å². The largest absolute Gasteiger partial charge is 0.505 e. The Morgan fingerprint density at radius 3 is 2.45 bits per heavy atom. The number of hydrogen-bond donors (Lipinski definition) is 4. The zero-order valence-corrected chi connectivity index (χ0v) is 23.3. The van der Waals surface area contributed by atoms with E-state index in [0.29, 0.717) is 22.8 Å². The molecule has 0 saturated carbocycles. The third-order valence-corrected chi connectivity index (χ3v) is 8.09. The minimum Gasteiger partial charge on any atom is -0.505 e. The maximum Gasteiger partial charge on any atom is 0.152 e. The number of benzene rings is 3. The van der Waals surface area contributed by atoms with Crippen LogP contribution in [-0.2, 0) is 0 Å². The van der Waals surface area contributed by atoms with Crippen LogP contribution in [0.4, 0.5) is 18.9 Å². The first-order chi connectivity index (χ1) is 20.2. The first kappa shape index (κ1) is 27.9. The van der Waals surface area contributed by atoms with E-state index >= 15 is 8.78 Å². The summed E-state index contributed by atoms with van der Waals surface area (Å²) in [6, 6.07) is 15.2. The van der Waals surface area contributed by atoms with Gasteiger partial charge in [0.05, 0.1) is 17.0 Å². The van der Waals surface area contributed by atoms with Crippen molar-refractivity contribution in [1.82, 2.24) is 15.3 Å². The minimum absolute atomic E-state index is 0.0567. The number of halogens is 3. The predicted octanol–water partition coefficient (Wildman–Crippen LogP) is 7.24. The van der Waals surface area contributed by atoms with Crippen LogP contribution < -0.4 is 15.2 Å². The molecule has 0 atom stereocenters. The van der Waals surface area contributed by atoms with Crippen LogP contribution in [0, 0.1) is 22.9 Å². The Bertz CT molecular complexity index is 1690. The summed E-state index contributed by atoms with van der Waals surface area (Å²) in [5.74, 6) is -1.19. The Labute approximate surface area is 241 Å². The molecule has 1 aromatic heterocycles. The average molecular weight is 576 g/mol. The number of amidine groups is 1. The van der Waals surface area contributed by atoms with E-state index in [1.807, 2.05) is 6.07 Å². The number of likely N-dealkylation sites (tertiary alicyclic amines) is 1. The zero-order valence-electron chi connectivity index (χ0n) is 23.3. The first-order valence-electron chi connectivity index (χ1n) is 14.0. The van der Waals surface area contributed by atoms with E-state index in [9.17, 15) is 9.50 Å². The quantitative estimate of drug-likeness (QED) is 0.182. The highest BCUT2D eigenvalue weighted by Crippen LogP contribution is 2.35. The number of aliphatic hydroxyl groups excluding tert-OH is 1. The fourth-order valence-electron chi connectivity index (χ4n) is 5.76. The molecule has 2 aliphatic heterocycles. The Kier molecular flexibility index (Phi) is 7.42. The van der Waals surface area contributed by atoms with Gasteiger partial charge < -0.3 is 19.7 Å². The first-order valence-corrected chi connectivity index (χ1v) is 14.0. The molecule has 0 aliphatic carbocycles. The van der Waals surface area contributed by atoms with Crippen LogP contribution in [0.25, 0.3) is 16.7 Å².